The Labute approximate surface area is 76.9 Å². The first-order valence-corrected chi connectivity index (χ1v) is 4.19. The summed E-state index contributed by atoms with van der Waals surface area (Å²) >= 11 is 0. The van der Waals surface area contributed by atoms with Gasteiger partial charge in [-0.3, -0.25) is 4.79 Å². The molecule has 0 saturated carbocycles. The molecule has 0 aliphatic carbocycles. The largest absolute Gasteiger partial charge is 0.394 e. The number of rotatable bonds is 4. The summed E-state index contributed by atoms with van der Waals surface area (Å²) in [5.74, 6) is 0. The Morgan fingerprint density at radius 1 is 1.62 bits per heavy atom. The second kappa shape index (κ2) is 4.67. The number of aromatic nitrogens is 1. The van der Waals surface area contributed by atoms with E-state index in [-0.39, 0.29) is 5.56 Å². The molecule has 13 heavy (non-hydrogen) atoms. The summed E-state index contributed by atoms with van der Waals surface area (Å²) in [6.45, 7) is 1.30. The van der Waals surface area contributed by atoms with Gasteiger partial charge in [0.15, 0.2) is 0 Å². The number of anilines is 1. The summed E-state index contributed by atoms with van der Waals surface area (Å²) in [5, 5.41) is 0. The highest BCUT2D eigenvalue weighted by molar-refractivity contribution is 5.33. The molecule has 0 saturated heterocycles. The van der Waals surface area contributed by atoms with Crippen molar-refractivity contribution >= 4 is 5.69 Å². The fourth-order valence-corrected chi connectivity index (χ4v) is 1.11. The average Bonchev–Trinajstić information content (AvgIpc) is 2.13. The molecule has 1 aromatic rings. The Balaban J connectivity index is 2.67. The van der Waals surface area contributed by atoms with Crippen LogP contribution in [0, 0.1) is 0 Å². The van der Waals surface area contributed by atoms with Crippen molar-refractivity contribution < 1.29 is 4.74 Å². The first kappa shape index (κ1) is 9.80. The number of pyridine rings is 1. The minimum Gasteiger partial charge on any atom is -0.394 e. The van der Waals surface area contributed by atoms with Crippen molar-refractivity contribution in [1.82, 2.24) is 4.57 Å². The number of nitrogen functional groups attached to an aromatic ring is 1. The molecule has 1 aromatic heterocycles. The lowest BCUT2D eigenvalue weighted by molar-refractivity contribution is 0.190. The molecule has 0 aliphatic rings. The van der Waals surface area contributed by atoms with Gasteiger partial charge in [-0.2, -0.15) is 0 Å². The van der Waals surface area contributed by atoms with E-state index >= 15 is 0 Å². The van der Waals surface area contributed by atoms with Gasteiger partial charge in [0.1, 0.15) is 0 Å². The molecule has 4 nitrogen and oxygen atoms in total. The topological polar surface area (TPSA) is 57.2 Å². The molecule has 2 N–H and O–H groups in total. The summed E-state index contributed by atoms with van der Waals surface area (Å²) in [6.07, 6.45) is 2.55. The van der Waals surface area contributed by atoms with Gasteiger partial charge in [0.05, 0.1) is 5.69 Å². The van der Waals surface area contributed by atoms with Crippen molar-refractivity contribution in [2.75, 3.05) is 19.5 Å². The Morgan fingerprint density at radius 3 is 3.08 bits per heavy atom. The van der Waals surface area contributed by atoms with Crippen LogP contribution in [0.5, 0.6) is 0 Å². The second-order valence-electron chi connectivity index (χ2n) is 2.81. The molecule has 0 radical (unpaired) electrons. The summed E-state index contributed by atoms with van der Waals surface area (Å²) in [7, 11) is 1.64. The van der Waals surface area contributed by atoms with Gasteiger partial charge in [-0.05, 0) is 18.6 Å². The monoisotopic (exact) mass is 182 g/mol. The number of methoxy groups -OCH3 is 1. The maximum absolute atomic E-state index is 11.4. The molecule has 4 heteroatoms. The Kier molecular flexibility index (Phi) is 3.52. The molecule has 0 unspecified atom stereocenters. The quantitative estimate of drug-likeness (QED) is 0.688. The van der Waals surface area contributed by atoms with Crippen LogP contribution in [0.3, 0.4) is 0 Å². The number of nitrogens with zero attached hydrogens (tertiary/aromatic N) is 1. The third-order valence-corrected chi connectivity index (χ3v) is 1.80. The second-order valence-corrected chi connectivity index (χ2v) is 2.81. The van der Waals surface area contributed by atoms with Crippen molar-refractivity contribution in [3.05, 3.63) is 28.7 Å². The van der Waals surface area contributed by atoms with Crippen LogP contribution in [0.2, 0.25) is 0 Å². The van der Waals surface area contributed by atoms with Gasteiger partial charge in [-0.15, -0.1) is 0 Å². The van der Waals surface area contributed by atoms with Crippen LogP contribution in [0.1, 0.15) is 6.42 Å². The van der Waals surface area contributed by atoms with Gasteiger partial charge in [0, 0.05) is 26.5 Å². The molecule has 0 spiro atoms. The number of nitrogens with two attached hydrogens (primary N) is 1. The molecule has 1 rings (SSSR count). The first-order chi connectivity index (χ1) is 6.25. The number of hydrogen-bond donors (Lipinski definition) is 1. The van der Waals surface area contributed by atoms with Crippen LogP contribution in [0.15, 0.2) is 23.1 Å². The molecular formula is C9H14N2O2. The van der Waals surface area contributed by atoms with Gasteiger partial charge in [-0.25, -0.2) is 0 Å². The predicted molar refractivity (Wildman–Crippen MR) is 51.6 cm³/mol. The zero-order valence-corrected chi connectivity index (χ0v) is 7.69. The number of ether oxygens (including phenoxy) is 1. The molecule has 0 fully saturated rings. The molecular weight excluding hydrogens is 168 g/mol. The van der Waals surface area contributed by atoms with E-state index in [1.165, 1.54) is 0 Å². The standard InChI is InChI=1S/C9H14N2O2/c1-13-7-3-6-11-5-2-4-8(10)9(11)12/h2,4-5H,3,6-7,10H2,1H3. The molecule has 0 bridgehead atoms. The van der Waals surface area contributed by atoms with Crippen LogP contribution >= 0.6 is 0 Å². The van der Waals surface area contributed by atoms with Gasteiger partial charge < -0.3 is 15.0 Å². The van der Waals surface area contributed by atoms with E-state index in [4.69, 9.17) is 10.5 Å². The highest BCUT2D eigenvalue weighted by atomic mass is 16.5. The van der Waals surface area contributed by atoms with E-state index in [0.29, 0.717) is 18.8 Å². The van der Waals surface area contributed by atoms with Crippen molar-refractivity contribution in [2.24, 2.45) is 0 Å². The van der Waals surface area contributed by atoms with E-state index in [1.54, 1.807) is 30.0 Å². The number of aryl methyl sites for hydroxylation is 1. The lowest BCUT2D eigenvalue weighted by atomic mass is 10.4. The van der Waals surface area contributed by atoms with Crippen molar-refractivity contribution in [1.29, 1.82) is 0 Å². The van der Waals surface area contributed by atoms with Crippen LogP contribution < -0.4 is 11.3 Å². The Bertz CT molecular complexity index is 320. The molecule has 1 heterocycles. The van der Waals surface area contributed by atoms with Gasteiger partial charge in [0.2, 0.25) is 0 Å². The maximum atomic E-state index is 11.4. The van der Waals surface area contributed by atoms with Crippen LogP contribution in [0.4, 0.5) is 5.69 Å². The third-order valence-electron chi connectivity index (χ3n) is 1.80. The summed E-state index contributed by atoms with van der Waals surface area (Å²) in [4.78, 5) is 11.4. The van der Waals surface area contributed by atoms with E-state index < -0.39 is 0 Å². The van der Waals surface area contributed by atoms with E-state index in [0.717, 1.165) is 6.42 Å². The highest BCUT2D eigenvalue weighted by Gasteiger charge is 1.97. The number of hydrogen-bond acceptors (Lipinski definition) is 3. The van der Waals surface area contributed by atoms with Crippen LogP contribution in [-0.2, 0) is 11.3 Å². The van der Waals surface area contributed by atoms with E-state index in [1.807, 2.05) is 0 Å². The molecule has 0 amide bonds. The molecule has 72 valence electrons. The highest BCUT2D eigenvalue weighted by Crippen LogP contribution is 1.93. The van der Waals surface area contributed by atoms with Gasteiger partial charge in [0.25, 0.3) is 5.56 Å². The lowest BCUT2D eigenvalue weighted by Gasteiger charge is -2.04. The maximum Gasteiger partial charge on any atom is 0.273 e. The van der Waals surface area contributed by atoms with Crippen LogP contribution in [0.25, 0.3) is 0 Å². The summed E-state index contributed by atoms with van der Waals surface area (Å²) in [6, 6.07) is 3.37. The summed E-state index contributed by atoms with van der Waals surface area (Å²) in [5.41, 5.74) is 5.63. The summed E-state index contributed by atoms with van der Waals surface area (Å²) < 4.78 is 6.48. The lowest BCUT2D eigenvalue weighted by Crippen LogP contribution is -2.22. The van der Waals surface area contributed by atoms with Crippen LogP contribution in [-0.4, -0.2) is 18.3 Å². The molecule has 0 atom stereocenters. The molecule has 0 aromatic carbocycles. The van der Waals surface area contributed by atoms with Crippen molar-refractivity contribution in [3.8, 4) is 0 Å². The van der Waals surface area contributed by atoms with E-state index in [9.17, 15) is 4.79 Å². The fraction of sp³-hybridized carbons (Fsp3) is 0.444. The smallest absolute Gasteiger partial charge is 0.273 e. The minimum absolute atomic E-state index is 0.126. The van der Waals surface area contributed by atoms with Crippen molar-refractivity contribution in [2.45, 2.75) is 13.0 Å². The predicted octanol–water partition coefficient (Wildman–Crippen LogP) is 0.467. The minimum atomic E-state index is -0.126. The zero-order chi connectivity index (χ0) is 9.68. The van der Waals surface area contributed by atoms with Gasteiger partial charge in [-0.1, -0.05) is 0 Å². The first-order valence-electron chi connectivity index (χ1n) is 4.19. The Hall–Kier alpha value is -1.29. The van der Waals surface area contributed by atoms with E-state index in [2.05, 4.69) is 0 Å². The zero-order valence-electron chi connectivity index (χ0n) is 7.69. The molecule has 0 aliphatic heterocycles. The van der Waals surface area contributed by atoms with Gasteiger partial charge >= 0.3 is 0 Å². The fourth-order valence-electron chi connectivity index (χ4n) is 1.11. The average molecular weight is 182 g/mol. The normalized spacial score (nSPS) is 10.2. The van der Waals surface area contributed by atoms with Crippen molar-refractivity contribution in [3.63, 3.8) is 0 Å². The third kappa shape index (κ3) is 2.59. The SMILES string of the molecule is COCCCn1cccc(N)c1=O. The Morgan fingerprint density at radius 2 is 2.38 bits per heavy atom.